The van der Waals surface area contributed by atoms with Gasteiger partial charge in [0, 0.05) is 31.7 Å². The highest BCUT2D eigenvalue weighted by Gasteiger charge is 2.25. The highest BCUT2D eigenvalue weighted by molar-refractivity contribution is 5.35. The molecule has 4 heterocycles. The number of fused-ring (bicyclic) bond motifs is 1. The van der Waals surface area contributed by atoms with E-state index >= 15 is 0 Å². The van der Waals surface area contributed by atoms with Gasteiger partial charge in [0.2, 0.25) is 0 Å². The summed E-state index contributed by atoms with van der Waals surface area (Å²) in [4.78, 5) is 7.05. The molecule has 1 fully saturated rings. The quantitative estimate of drug-likeness (QED) is 0.907. The zero-order valence-electron chi connectivity index (χ0n) is 15.1. The molecule has 2 aromatic heterocycles. The van der Waals surface area contributed by atoms with Crippen molar-refractivity contribution in [2.24, 2.45) is 5.92 Å². The number of likely N-dealkylation sites (tertiary alicyclic amines) is 1. The predicted octanol–water partition coefficient (Wildman–Crippen LogP) is 2.64. The number of rotatable bonds is 5. The topological polar surface area (TPSA) is 58.9 Å². The maximum absolute atomic E-state index is 4.52. The first kappa shape index (κ1) is 16.5. The van der Waals surface area contributed by atoms with E-state index in [1.807, 2.05) is 19.1 Å². The number of hydrogen-bond acceptors (Lipinski definition) is 5. The highest BCUT2D eigenvalue weighted by Crippen LogP contribution is 2.21. The average molecular weight is 340 g/mol. The lowest BCUT2D eigenvalue weighted by atomic mass is 10.1. The van der Waals surface area contributed by atoms with E-state index in [9.17, 15) is 0 Å². The Morgan fingerprint density at radius 3 is 3.04 bits per heavy atom. The number of nitrogens with one attached hydrogen (secondary N) is 1. The number of nitrogens with zero attached hydrogens (tertiary/aromatic N) is 5. The molecule has 25 heavy (non-hydrogen) atoms. The zero-order chi connectivity index (χ0) is 17.1. The smallest absolute Gasteiger partial charge is 0.147 e. The van der Waals surface area contributed by atoms with Crippen LogP contribution in [0, 0.1) is 12.8 Å². The molecule has 2 aliphatic rings. The van der Waals surface area contributed by atoms with Gasteiger partial charge in [-0.25, -0.2) is 4.98 Å². The Kier molecular flexibility index (Phi) is 4.97. The third-order valence-electron chi connectivity index (χ3n) is 5.38. The predicted molar refractivity (Wildman–Crippen MR) is 98.4 cm³/mol. The van der Waals surface area contributed by atoms with Crippen LogP contribution >= 0.6 is 0 Å². The fourth-order valence-electron chi connectivity index (χ4n) is 3.98. The van der Waals surface area contributed by atoms with Gasteiger partial charge in [0.25, 0.3) is 0 Å². The van der Waals surface area contributed by atoms with Gasteiger partial charge in [-0.05, 0) is 50.8 Å². The second kappa shape index (κ2) is 7.52. The summed E-state index contributed by atoms with van der Waals surface area (Å²) in [5.41, 5.74) is 1.06. The molecule has 1 N–H and O–H groups in total. The molecule has 1 saturated heterocycles. The third-order valence-corrected chi connectivity index (χ3v) is 5.38. The second-order valence-electron chi connectivity index (χ2n) is 7.43. The number of hydrogen-bond donors (Lipinski definition) is 1. The third kappa shape index (κ3) is 4.00. The summed E-state index contributed by atoms with van der Waals surface area (Å²) in [5.74, 6) is 4.01. The molecule has 0 aliphatic carbocycles. The van der Waals surface area contributed by atoms with Gasteiger partial charge in [-0.3, -0.25) is 4.90 Å². The lowest BCUT2D eigenvalue weighted by Gasteiger charge is -2.17. The molecule has 2 aliphatic heterocycles. The Balaban J connectivity index is 1.30. The van der Waals surface area contributed by atoms with Crippen LogP contribution < -0.4 is 5.32 Å². The van der Waals surface area contributed by atoms with E-state index in [4.69, 9.17) is 0 Å². The van der Waals surface area contributed by atoms with Crippen molar-refractivity contribution in [1.82, 2.24) is 24.6 Å². The van der Waals surface area contributed by atoms with Gasteiger partial charge in [-0.15, -0.1) is 10.2 Å². The van der Waals surface area contributed by atoms with Gasteiger partial charge in [0.1, 0.15) is 17.5 Å². The fourth-order valence-corrected chi connectivity index (χ4v) is 3.98. The molecule has 4 rings (SSSR count). The first-order valence-corrected chi connectivity index (χ1v) is 9.59. The molecule has 1 atom stereocenters. The molecular weight excluding hydrogens is 312 g/mol. The molecule has 1 unspecified atom stereocenters. The van der Waals surface area contributed by atoms with Crippen molar-refractivity contribution in [2.45, 2.75) is 52.1 Å². The van der Waals surface area contributed by atoms with E-state index in [2.05, 4.69) is 36.0 Å². The van der Waals surface area contributed by atoms with Crippen LogP contribution in [-0.2, 0) is 19.5 Å². The van der Waals surface area contributed by atoms with E-state index in [1.165, 1.54) is 31.5 Å². The van der Waals surface area contributed by atoms with Crippen molar-refractivity contribution in [1.29, 1.82) is 0 Å². The van der Waals surface area contributed by atoms with Crippen molar-refractivity contribution < 1.29 is 0 Å². The lowest BCUT2D eigenvalue weighted by Crippen LogP contribution is -2.24. The standard InChI is InChI=1S/C19H28N6/c1-15-6-5-7-17(21-15)20-12-16-9-11-24(13-16)14-19-23-22-18-8-3-2-4-10-25(18)19/h5-7,16H,2-4,8-14H2,1H3,(H,20,21). The number of aryl methyl sites for hydroxylation is 2. The summed E-state index contributed by atoms with van der Waals surface area (Å²) in [5, 5.41) is 12.4. The van der Waals surface area contributed by atoms with Crippen LogP contribution in [0.2, 0.25) is 0 Å². The van der Waals surface area contributed by atoms with Crippen LogP contribution in [-0.4, -0.2) is 44.3 Å². The lowest BCUT2D eigenvalue weighted by molar-refractivity contribution is 0.304. The van der Waals surface area contributed by atoms with Crippen molar-refractivity contribution in [3.05, 3.63) is 35.5 Å². The van der Waals surface area contributed by atoms with Crippen LogP contribution in [0.1, 0.15) is 43.0 Å². The largest absolute Gasteiger partial charge is 0.370 e. The van der Waals surface area contributed by atoms with E-state index < -0.39 is 0 Å². The fraction of sp³-hybridized carbons (Fsp3) is 0.632. The first-order chi connectivity index (χ1) is 12.3. The summed E-state index contributed by atoms with van der Waals surface area (Å²) >= 11 is 0. The summed E-state index contributed by atoms with van der Waals surface area (Å²) in [6.07, 6.45) is 6.15. The van der Waals surface area contributed by atoms with Gasteiger partial charge >= 0.3 is 0 Å². The molecule has 0 amide bonds. The maximum atomic E-state index is 4.52. The van der Waals surface area contributed by atoms with Crippen LogP contribution in [0.15, 0.2) is 18.2 Å². The molecule has 0 spiro atoms. The van der Waals surface area contributed by atoms with Crippen molar-refractivity contribution in [2.75, 3.05) is 25.0 Å². The molecule has 0 aromatic carbocycles. The first-order valence-electron chi connectivity index (χ1n) is 9.59. The van der Waals surface area contributed by atoms with E-state index in [1.54, 1.807) is 0 Å². The number of anilines is 1. The molecular formula is C19H28N6. The minimum absolute atomic E-state index is 0.675. The monoisotopic (exact) mass is 340 g/mol. The van der Waals surface area contributed by atoms with Crippen LogP contribution in [0.5, 0.6) is 0 Å². The number of pyridine rings is 1. The Morgan fingerprint density at radius 1 is 1.16 bits per heavy atom. The van der Waals surface area contributed by atoms with E-state index in [0.717, 1.165) is 56.5 Å². The Bertz CT molecular complexity index is 710. The molecule has 6 heteroatoms. The van der Waals surface area contributed by atoms with Gasteiger partial charge in [-0.1, -0.05) is 12.5 Å². The summed E-state index contributed by atoms with van der Waals surface area (Å²) in [6, 6.07) is 6.14. The molecule has 0 bridgehead atoms. The number of aromatic nitrogens is 4. The van der Waals surface area contributed by atoms with Crippen molar-refractivity contribution >= 4 is 5.82 Å². The van der Waals surface area contributed by atoms with Gasteiger partial charge in [0.05, 0.1) is 6.54 Å². The summed E-state index contributed by atoms with van der Waals surface area (Å²) in [7, 11) is 0. The maximum Gasteiger partial charge on any atom is 0.147 e. The Hall–Kier alpha value is -1.95. The molecule has 2 aromatic rings. The average Bonchev–Trinajstić information content (AvgIpc) is 3.14. The van der Waals surface area contributed by atoms with Crippen LogP contribution in [0.25, 0.3) is 0 Å². The molecule has 0 saturated carbocycles. The molecule has 6 nitrogen and oxygen atoms in total. The Labute approximate surface area is 149 Å². The van der Waals surface area contributed by atoms with Crippen molar-refractivity contribution in [3.63, 3.8) is 0 Å². The minimum Gasteiger partial charge on any atom is -0.370 e. The van der Waals surface area contributed by atoms with Gasteiger partial charge in [0.15, 0.2) is 0 Å². The normalized spacial score (nSPS) is 21.1. The minimum atomic E-state index is 0.675. The Morgan fingerprint density at radius 2 is 2.12 bits per heavy atom. The van der Waals surface area contributed by atoms with E-state index in [0.29, 0.717) is 5.92 Å². The highest BCUT2D eigenvalue weighted by atomic mass is 15.3. The van der Waals surface area contributed by atoms with Gasteiger partial charge < -0.3 is 9.88 Å². The van der Waals surface area contributed by atoms with Crippen molar-refractivity contribution in [3.8, 4) is 0 Å². The molecule has 134 valence electrons. The van der Waals surface area contributed by atoms with Gasteiger partial charge in [-0.2, -0.15) is 0 Å². The zero-order valence-corrected chi connectivity index (χ0v) is 15.1. The summed E-state index contributed by atoms with van der Waals surface area (Å²) < 4.78 is 2.37. The van der Waals surface area contributed by atoms with E-state index in [-0.39, 0.29) is 0 Å². The van der Waals surface area contributed by atoms with Crippen LogP contribution in [0.3, 0.4) is 0 Å². The molecule has 0 radical (unpaired) electrons. The SMILES string of the molecule is Cc1cccc(NCC2CCN(Cc3nnc4n3CCCCC4)C2)n1. The second-order valence-corrected chi connectivity index (χ2v) is 7.43. The summed E-state index contributed by atoms with van der Waals surface area (Å²) in [6.45, 7) is 7.33. The van der Waals surface area contributed by atoms with Crippen LogP contribution in [0.4, 0.5) is 5.82 Å².